The average Bonchev–Trinajstić information content (AvgIpc) is 3.05. The maximum absolute atomic E-state index is 12.3. The van der Waals surface area contributed by atoms with E-state index in [1.165, 1.54) is 5.52 Å². The van der Waals surface area contributed by atoms with Crippen molar-refractivity contribution in [1.29, 1.82) is 0 Å². The number of rotatable bonds is 6. The molecule has 1 amide bonds. The van der Waals surface area contributed by atoms with Crippen LogP contribution in [0.1, 0.15) is 17.3 Å². The molecule has 0 aliphatic rings. The van der Waals surface area contributed by atoms with Crippen molar-refractivity contribution in [3.8, 4) is 5.75 Å². The van der Waals surface area contributed by atoms with Gasteiger partial charge in [0, 0.05) is 34.0 Å². The van der Waals surface area contributed by atoms with Gasteiger partial charge in [0.05, 0.1) is 5.56 Å². The lowest BCUT2D eigenvalue weighted by molar-refractivity contribution is -0.118. The number of aryl methyl sites for hydroxylation is 1. The van der Waals surface area contributed by atoms with Gasteiger partial charge in [0.25, 0.3) is 5.91 Å². The highest BCUT2D eigenvalue weighted by Crippen LogP contribution is 2.31. The first kappa shape index (κ1) is 17.8. The van der Waals surface area contributed by atoms with E-state index in [0.717, 1.165) is 22.8 Å². The summed E-state index contributed by atoms with van der Waals surface area (Å²) in [6, 6.07) is 21.0. The van der Waals surface area contributed by atoms with E-state index in [1.54, 1.807) is 24.3 Å². The predicted molar refractivity (Wildman–Crippen MR) is 111 cm³/mol. The minimum absolute atomic E-state index is 0.167. The molecule has 140 valence electrons. The molecule has 1 N–H and O–H groups in total. The lowest BCUT2D eigenvalue weighted by Gasteiger charge is -2.09. The van der Waals surface area contributed by atoms with Crippen molar-refractivity contribution < 1.29 is 14.3 Å². The second-order valence-electron chi connectivity index (χ2n) is 6.49. The monoisotopic (exact) mass is 372 g/mol. The van der Waals surface area contributed by atoms with Gasteiger partial charge in [-0.15, -0.1) is 0 Å². The molecule has 0 fully saturated rings. The van der Waals surface area contributed by atoms with Gasteiger partial charge in [-0.3, -0.25) is 9.59 Å². The van der Waals surface area contributed by atoms with Crippen LogP contribution in [0.5, 0.6) is 5.75 Å². The van der Waals surface area contributed by atoms with E-state index in [4.69, 9.17) is 4.74 Å². The Kier molecular flexibility index (Phi) is 4.81. The Morgan fingerprint density at radius 1 is 1.00 bits per heavy atom. The van der Waals surface area contributed by atoms with Crippen LogP contribution in [-0.2, 0) is 11.3 Å². The molecule has 0 unspecified atom stereocenters. The van der Waals surface area contributed by atoms with Crippen molar-refractivity contribution in [2.75, 3.05) is 11.9 Å². The molecule has 0 saturated heterocycles. The molecular formula is C23H20N2O3. The van der Waals surface area contributed by atoms with Crippen LogP contribution in [0.3, 0.4) is 0 Å². The number of nitrogens with zero attached hydrogens (tertiary/aromatic N) is 1. The molecule has 28 heavy (non-hydrogen) atoms. The van der Waals surface area contributed by atoms with Crippen LogP contribution in [0.25, 0.3) is 21.8 Å². The zero-order valence-electron chi connectivity index (χ0n) is 15.5. The van der Waals surface area contributed by atoms with Gasteiger partial charge < -0.3 is 14.6 Å². The molecule has 3 aromatic carbocycles. The second-order valence-corrected chi connectivity index (χ2v) is 6.49. The lowest BCUT2D eigenvalue weighted by atomic mass is 10.1. The van der Waals surface area contributed by atoms with Crippen molar-refractivity contribution in [2.24, 2.45) is 0 Å². The zero-order chi connectivity index (χ0) is 19.5. The Labute approximate surface area is 162 Å². The topological polar surface area (TPSA) is 60.3 Å². The van der Waals surface area contributed by atoms with E-state index in [1.807, 2.05) is 30.3 Å². The van der Waals surface area contributed by atoms with Gasteiger partial charge >= 0.3 is 0 Å². The Morgan fingerprint density at radius 2 is 1.75 bits per heavy atom. The van der Waals surface area contributed by atoms with Crippen LogP contribution in [0.4, 0.5) is 5.69 Å². The number of anilines is 1. The molecule has 5 nitrogen and oxygen atoms in total. The third-order valence-electron chi connectivity index (χ3n) is 4.78. The highest BCUT2D eigenvalue weighted by Gasteiger charge is 2.11. The maximum atomic E-state index is 12.3. The number of carbonyl (C=O) groups is 2. The molecular weight excluding hydrogens is 352 g/mol. The number of hydrogen-bond donors (Lipinski definition) is 1. The van der Waals surface area contributed by atoms with Crippen molar-refractivity contribution >= 4 is 39.7 Å². The molecule has 0 atom stereocenters. The molecule has 4 rings (SSSR count). The van der Waals surface area contributed by atoms with E-state index in [0.29, 0.717) is 23.3 Å². The summed E-state index contributed by atoms with van der Waals surface area (Å²) in [5.74, 6) is 0.119. The largest absolute Gasteiger partial charge is 0.483 e. The number of carbonyl (C=O) groups excluding carboxylic acids is 2. The van der Waals surface area contributed by atoms with Crippen LogP contribution >= 0.6 is 0 Å². The fourth-order valence-electron chi connectivity index (χ4n) is 3.52. The summed E-state index contributed by atoms with van der Waals surface area (Å²) in [6.07, 6.45) is 0.713. The fourth-order valence-corrected chi connectivity index (χ4v) is 3.52. The minimum Gasteiger partial charge on any atom is -0.483 e. The summed E-state index contributed by atoms with van der Waals surface area (Å²) < 4.78 is 7.75. The van der Waals surface area contributed by atoms with Gasteiger partial charge in [0.15, 0.2) is 12.9 Å². The summed E-state index contributed by atoms with van der Waals surface area (Å²) in [7, 11) is 0. The van der Waals surface area contributed by atoms with Crippen LogP contribution in [0.2, 0.25) is 0 Å². The summed E-state index contributed by atoms with van der Waals surface area (Å²) in [4.78, 5) is 23.4. The number of benzene rings is 3. The fraction of sp³-hybridized carbons (Fsp3) is 0.130. The molecule has 0 aliphatic carbocycles. The average molecular weight is 372 g/mol. The molecule has 1 aromatic heterocycles. The molecule has 0 spiro atoms. The third-order valence-corrected chi connectivity index (χ3v) is 4.78. The number of aldehydes is 1. The normalized spacial score (nSPS) is 10.9. The lowest BCUT2D eigenvalue weighted by Crippen LogP contribution is -2.20. The first-order valence-electron chi connectivity index (χ1n) is 9.19. The number of nitrogens with one attached hydrogen (secondary N) is 1. The van der Waals surface area contributed by atoms with E-state index in [2.05, 4.69) is 28.9 Å². The first-order valence-corrected chi connectivity index (χ1v) is 9.19. The Balaban J connectivity index is 1.55. The molecule has 1 heterocycles. The number of hydrogen-bond acceptors (Lipinski definition) is 3. The number of fused-ring (bicyclic) bond motifs is 3. The van der Waals surface area contributed by atoms with Crippen LogP contribution in [0.15, 0.2) is 66.7 Å². The van der Waals surface area contributed by atoms with E-state index in [-0.39, 0.29) is 12.5 Å². The van der Waals surface area contributed by atoms with Gasteiger partial charge in [-0.2, -0.15) is 0 Å². The highest BCUT2D eigenvalue weighted by atomic mass is 16.5. The first-order chi connectivity index (χ1) is 13.7. The van der Waals surface area contributed by atoms with Gasteiger partial charge in [0.2, 0.25) is 0 Å². The molecule has 5 heteroatoms. The predicted octanol–water partition coefficient (Wildman–Crippen LogP) is 4.64. The molecule has 4 aromatic rings. The molecule has 0 aliphatic heterocycles. The van der Waals surface area contributed by atoms with Crippen molar-refractivity contribution in [3.05, 3.63) is 72.3 Å². The van der Waals surface area contributed by atoms with Gasteiger partial charge in [-0.25, -0.2) is 0 Å². The van der Waals surface area contributed by atoms with Gasteiger partial charge in [-0.1, -0.05) is 30.3 Å². The van der Waals surface area contributed by atoms with Gasteiger partial charge in [0.1, 0.15) is 5.75 Å². The van der Waals surface area contributed by atoms with Gasteiger partial charge in [-0.05, 0) is 43.3 Å². The van der Waals surface area contributed by atoms with E-state index < -0.39 is 0 Å². The molecule has 0 bridgehead atoms. The second kappa shape index (κ2) is 7.56. The number of ether oxygens (including phenoxy) is 1. The third kappa shape index (κ3) is 3.22. The van der Waals surface area contributed by atoms with Crippen LogP contribution < -0.4 is 10.1 Å². The van der Waals surface area contributed by atoms with E-state index in [9.17, 15) is 9.59 Å². The Bertz CT molecular complexity index is 1180. The Hall–Kier alpha value is -3.60. The zero-order valence-corrected chi connectivity index (χ0v) is 15.5. The number of amides is 1. The quantitative estimate of drug-likeness (QED) is 0.502. The standard InChI is InChI=1S/C23H20N2O3/c1-2-25-20-9-5-4-8-18(20)19-13-17(11-12-21(19)25)24-23(27)15-28-22-10-6-3-7-16(22)14-26/h3-14H,2,15H2,1H3,(H,24,27). The van der Waals surface area contributed by atoms with Crippen molar-refractivity contribution in [3.63, 3.8) is 0 Å². The van der Waals surface area contributed by atoms with Crippen molar-refractivity contribution in [1.82, 2.24) is 4.57 Å². The highest BCUT2D eigenvalue weighted by molar-refractivity contribution is 6.09. The molecule has 0 saturated carbocycles. The summed E-state index contributed by atoms with van der Waals surface area (Å²) in [6.45, 7) is 2.83. The minimum atomic E-state index is -0.278. The van der Waals surface area contributed by atoms with Crippen LogP contribution in [0, 0.1) is 0 Å². The molecule has 0 radical (unpaired) electrons. The summed E-state index contributed by atoms with van der Waals surface area (Å²) >= 11 is 0. The SMILES string of the molecule is CCn1c2ccccc2c2cc(NC(=O)COc3ccccc3C=O)ccc21. The van der Waals surface area contributed by atoms with E-state index >= 15 is 0 Å². The summed E-state index contributed by atoms with van der Waals surface area (Å²) in [5.41, 5.74) is 3.45. The van der Waals surface area contributed by atoms with Crippen molar-refractivity contribution in [2.45, 2.75) is 13.5 Å². The summed E-state index contributed by atoms with van der Waals surface area (Å²) in [5, 5.41) is 5.13. The number of para-hydroxylation sites is 2. The number of aromatic nitrogens is 1. The smallest absolute Gasteiger partial charge is 0.262 e. The van der Waals surface area contributed by atoms with Crippen LogP contribution in [-0.4, -0.2) is 23.4 Å². The Morgan fingerprint density at radius 3 is 2.57 bits per heavy atom. The maximum Gasteiger partial charge on any atom is 0.262 e.